The molecule has 3 aromatic rings. The Morgan fingerprint density at radius 1 is 1.00 bits per heavy atom. The Hall–Kier alpha value is -0.930. The van der Waals surface area contributed by atoms with Crippen LogP contribution in [0.5, 0.6) is 0 Å². The minimum Gasteiger partial charge on any atom is -0.375 e. The van der Waals surface area contributed by atoms with E-state index in [0.717, 1.165) is 0 Å². The van der Waals surface area contributed by atoms with Gasteiger partial charge >= 0.3 is 0 Å². The smallest absolute Gasteiger partial charge is 0.0724 e. The van der Waals surface area contributed by atoms with Crippen molar-refractivity contribution in [3.8, 4) is 0 Å². The zero-order valence-electron chi connectivity index (χ0n) is 11.2. The van der Waals surface area contributed by atoms with Crippen LogP contribution in [0.25, 0.3) is 10.1 Å². The number of hydrogen-bond acceptors (Lipinski definition) is 2. The van der Waals surface area contributed by atoms with Gasteiger partial charge in [-0.05, 0) is 36.6 Å². The second-order valence-corrected chi connectivity index (χ2v) is 7.16. The van der Waals surface area contributed by atoms with Crippen molar-refractivity contribution in [1.29, 1.82) is 0 Å². The number of nitrogens with one attached hydrogen (secondary N) is 1. The maximum atomic E-state index is 6.22. The predicted octanol–water partition coefficient (Wildman–Crippen LogP) is 7.03. The molecule has 2 aromatic carbocycles. The molecule has 3 rings (SSSR count). The highest BCUT2D eigenvalue weighted by molar-refractivity contribution is 7.19. The Morgan fingerprint density at radius 3 is 2.33 bits per heavy atom. The summed E-state index contributed by atoms with van der Waals surface area (Å²) in [5.41, 5.74) is 0.715. The molecule has 0 amide bonds. The fourth-order valence-electron chi connectivity index (χ4n) is 2.18. The van der Waals surface area contributed by atoms with Crippen molar-refractivity contribution < 1.29 is 0 Å². The summed E-state index contributed by atoms with van der Waals surface area (Å²) in [6.07, 6.45) is 0. The molecule has 5 heteroatoms. The monoisotopic (exact) mass is 355 g/mol. The van der Waals surface area contributed by atoms with Gasteiger partial charge < -0.3 is 5.32 Å². The van der Waals surface area contributed by atoms with Gasteiger partial charge in [-0.1, -0.05) is 53.0 Å². The van der Waals surface area contributed by atoms with E-state index in [1.807, 2.05) is 12.1 Å². The molecule has 0 bridgehead atoms. The van der Waals surface area contributed by atoms with Gasteiger partial charge in [0.1, 0.15) is 0 Å². The van der Waals surface area contributed by atoms with Crippen molar-refractivity contribution in [2.45, 2.75) is 13.0 Å². The van der Waals surface area contributed by atoms with Crippen LogP contribution in [0.4, 0.5) is 5.69 Å². The molecule has 1 aromatic heterocycles. The van der Waals surface area contributed by atoms with E-state index in [-0.39, 0.29) is 6.04 Å². The van der Waals surface area contributed by atoms with Crippen molar-refractivity contribution in [2.75, 3.05) is 5.32 Å². The minimum atomic E-state index is 0.110. The zero-order valence-corrected chi connectivity index (χ0v) is 14.2. The highest BCUT2D eigenvalue weighted by Crippen LogP contribution is 2.37. The van der Waals surface area contributed by atoms with E-state index in [4.69, 9.17) is 34.8 Å². The van der Waals surface area contributed by atoms with E-state index in [1.54, 1.807) is 23.5 Å². The summed E-state index contributed by atoms with van der Waals surface area (Å²) < 4.78 is 1.27. The summed E-state index contributed by atoms with van der Waals surface area (Å²) in [6.45, 7) is 2.09. The first-order valence-corrected chi connectivity index (χ1v) is 8.39. The van der Waals surface area contributed by atoms with Gasteiger partial charge in [-0.15, -0.1) is 11.3 Å². The van der Waals surface area contributed by atoms with Crippen molar-refractivity contribution in [3.63, 3.8) is 0 Å². The van der Waals surface area contributed by atoms with Crippen LogP contribution in [-0.4, -0.2) is 0 Å². The lowest BCUT2D eigenvalue weighted by molar-refractivity contribution is 0.909. The van der Waals surface area contributed by atoms with Crippen LogP contribution in [0, 0.1) is 0 Å². The molecule has 0 spiro atoms. The van der Waals surface area contributed by atoms with Gasteiger partial charge in [-0.2, -0.15) is 0 Å². The zero-order chi connectivity index (χ0) is 15.0. The summed E-state index contributed by atoms with van der Waals surface area (Å²) >= 11 is 20.1. The topological polar surface area (TPSA) is 12.0 Å². The van der Waals surface area contributed by atoms with Gasteiger partial charge in [0.05, 0.1) is 21.8 Å². The Bertz CT molecular complexity index is 741. The predicted molar refractivity (Wildman–Crippen MR) is 95.3 cm³/mol. The first-order chi connectivity index (χ1) is 10.0. The number of fused-ring (bicyclic) bond motifs is 1. The average Bonchev–Trinajstić information content (AvgIpc) is 2.86. The third kappa shape index (κ3) is 3.14. The Labute approximate surface area is 142 Å². The molecule has 0 radical (unpaired) electrons. The molecule has 1 atom stereocenters. The van der Waals surface area contributed by atoms with Crippen molar-refractivity contribution in [3.05, 3.63) is 62.4 Å². The first-order valence-electron chi connectivity index (χ1n) is 6.44. The second kappa shape index (κ2) is 6.05. The van der Waals surface area contributed by atoms with E-state index in [1.165, 1.54) is 15.0 Å². The fourth-order valence-corrected chi connectivity index (χ4v) is 4.18. The summed E-state index contributed by atoms with van der Waals surface area (Å²) in [7, 11) is 0. The van der Waals surface area contributed by atoms with Crippen molar-refractivity contribution >= 4 is 61.9 Å². The molecule has 0 saturated carbocycles. The van der Waals surface area contributed by atoms with E-state index >= 15 is 0 Å². The normalized spacial score (nSPS) is 12.6. The van der Waals surface area contributed by atoms with Gasteiger partial charge in [-0.3, -0.25) is 0 Å². The van der Waals surface area contributed by atoms with Crippen LogP contribution in [0.3, 0.4) is 0 Å². The van der Waals surface area contributed by atoms with Crippen LogP contribution in [-0.2, 0) is 0 Å². The Morgan fingerprint density at radius 2 is 1.67 bits per heavy atom. The standard InChI is InChI=1S/C16H12Cl3NS/c1-9(15-6-10-4-2-3-5-14(10)21-15)20-16-12(18)7-11(17)8-13(16)19/h2-9,20H,1H3. The third-order valence-corrected chi connectivity index (χ3v) is 5.35. The van der Waals surface area contributed by atoms with Gasteiger partial charge in [-0.25, -0.2) is 0 Å². The molecule has 1 N–H and O–H groups in total. The average molecular weight is 357 g/mol. The minimum absolute atomic E-state index is 0.110. The molecule has 0 saturated heterocycles. The molecule has 1 unspecified atom stereocenters. The van der Waals surface area contributed by atoms with E-state index in [2.05, 4.69) is 30.4 Å². The van der Waals surface area contributed by atoms with Crippen LogP contribution in [0.15, 0.2) is 42.5 Å². The van der Waals surface area contributed by atoms with E-state index in [0.29, 0.717) is 20.8 Å². The van der Waals surface area contributed by atoms with Crippen molar-refractivity contribution in [1.82, 2.24) is 0 Å². The maximum absolute atomic E-state index is 6.22. The lowest BCUT2D eigenvalue weighted by atomic mass is 10.2. The van der Waals surface area contributed by atoms with Gasteiger partial charge in [0.25, 0.3) is 0 Å². The fraction of sp³-hybridized carbons (Fsp3) is 0.125. The van der Waals surface area contributed by atoms with E-state index < -0.39 is 0 Å². The van der Waals surface area contributed by atoms with Gasteiger partial charge in [0.2, 0.25) is 0 Å². The lowest BCUT2D eigenvalue weighted by Gasteiger charge is -2.16. The molecule has 0 aliphatic carbocycles. The number of anilines is 1. The van der Waals surface area contributed by atoms with Crippen LogP contribution >= 0.6 is 46.1 Å². The number of thiophene rings is 1. The lowest BCUT2D eigenvalue weighted by Crippen LogP contribution is -2.05. The summed E-state index contributed by atoms with van der Waals surface area (Å²) in [5, 5.41) is 6.21. The SMILES string of the molecule is CC(Nc1c(Cl)cc(Cl)cc1Cl)c1cc2ccccc2s1. The number of halogens is 3. The molecule has 0 aliphatic heterocycles. The van der Waals surface area contributed by atoms with Gasteiger partial charge in [0.15, 0.2) is 0 Å². The highest BCUT2D eigenvalue weighted by Gasteiger charge is 2.14. The molecule has 0 aliphatic rings. The molecular formula is C16H12Cl3NS. The quantitative estimate of drug-likeness (QED) is 0.531. The summed E-state index contributed by atoms with van der Waals surface area (Å²) in [6, 6.07) is 14.0. The first kappa shape index (κ1) is 15.0. The molecular weight excluding hydrogens is 345 g/mol. The highest BCUT2D eigenvalue weighted by atomic mass is 35.5. The van der Waals surface area contributed by atoms with E-state index in [9.17, 15) is 0 Å². The Kier molecular flexibility index (Phi) is 4.32. The molecule has 108 valence electrons. The molecule has 1 heterocycles. The molecule has 1 nitrogen and oxygen atoms in total. The van der Waals surface area contributed by atoms with Gasteiger partial charge in [0, 0.05) is 14.6 Å². The largest absolute Gasteiger partial charge is 0.375 e. The second-order valence-electron chi connectivity index (χ2n) is 4.80. The number of benzene rings is 2. The third-order valence-electron chi connectivity index (χ3n) is 3.24. The van der Waals surface area contributed by atoms with Crippen LogP contribution < -0.4 is 5.32 Å². The van der Waals surface area contributed by atoms with Crippen LogP contribution in [0.1, 0.15) is 17.8 Å². The molecule has 21 heavy (non-hydrogen) atoms. The number of rotatable bonds is 3. The van der Waals surface area contributed by atoms with Crippen LogP contribution in [0.2, 0.25) is 15.1 Å². The molecule has 0 fully saturated rings. The van der Waals surface area contributed by atoms with Crippen molar-refractivity contribution in [2.24, 2.45) is 0 Å². The Balaban J connectivity index is 1.91. The summed E-state index contributed by atoms with van der Waals surface area (Å²) in [4.78, 5) is 1.23. The summed E-state index contributed by atoms with van der Waals surface area (Å²) in [5.74, 6) is 0. The number of hydrogen-bond donors (Lipinski definition) is 1. The maximum Gasteiger partial charge on any atom is 0.0724 e.